The number of benzene rings is 4. The number of hydrogen-bond donors (Lipinski definition) is 3. The van der Waals surface area contributed by atoms with E-state index in [4.69, 9.17) is 0 Å². The third-order valence-corrected chi connectivity index (χ3v) is 11.3. The van der Waals surface area contributed by atoms with Gasteiger partial charge in [-0.3, -0.25) is 0 Å². The standard InChI is InChI=1S/C54H76O3/c1-20-21-39-37(25-35-29-42(51(8,9)10)47(56)43(30-35)52(11,12)13)23-33(22-34-27-40(49(2,3)4)46(55)41(28-34)50(5,6)7)24-38(39)26-36-31-44(53(14,15)16)48(57)45(32-36)54(17,18)19/h20-21,23-24,27-32,55-57H,22,25-26H2,1-19H3. The first-order chi connectivity index (χ1) is 25.7. The van der Waals surface area contributed by atoms with Crippen LogP contribution in [-0.2, 0) is 51.8 Å². The molecule has 0 aliphatic heterocycles. The van der Waals surface area contributed by atoms with Crippen LogP contribution in [0.25, 0.3) is 6.08 Å². The van der Waals surface area contributed by atoms with Gasteiger partial charge in [-0.2, -0.15) is 0 Å². The highest BCUT2D eigenvalue weighted by atomic mass is 16.3. The van der Waals surface area contributed by atoms with Crippen molar-refractivity contribution in [3.63, 3.8) is 0 Å². The van der Waals surface area contributed by atoms with E-state index < -0.39 is 0 Å². The zero-order valence-electron chi connectivity index (χ0n) is 39.2. The van der Waals surface area contributed by atoms with Gasteiger partial charge in [-0.1, -0.05) is 185 Å². The van der Waals surface area contributed by atoms with Crippen molar-refractivity contribution in [3.05, 3.63) is 127 Å². The number of aromatic hydroxyl groups is 3. The Morgan fingerprint density at radius 1 is 0.351 bits per heavy atom. The monoisotopic (exact) mass is 773 g/mol. The first-order valence-electron chi connectivity index (χ1n) is 21.1. The SMILES string of the molecule is CC=Cc1c(Cc2cc(C(C)(C)C)c(O)c(C(C)(C)C)c2)cc(Cc2cc(C(C)(C)C)c(O)c(C(C)(C)C)c2)cc1Cc1cc(C(C)(C)C)c(O)c(C(C)(C)C)c1. The summed E-state index contributed by atoms with van der Waals surface area (Å²) in [5.41, 5.74) is 12.9. The van der Waals surface area contributed by atoms with E-state index in [1.165, 1.54) is 38.9 Å². The first-order valence-corrected chi connectivity index (χ1v) is 21.1. The minimum absolute atomic E-state index is 0.227. The van der Waals surface area contributed by atoms with E-state index in [1.54, 1.807) is 0 Å². The summed E-state index contributed by atoms with van der Waals surface area (Å²) >= 11 is 0. The Kier molecular flexibility index (Phi) is 12.6. The van der Waals surface area contributed by atoms with Crippen LogP contribution in [-0.4, -0.2) is 15.3 Å². The maximum absolute atomic E-state index is 11.6. The highest BCUT2D eigenvalue weighted by Gasteiger charge is 2.30. The van der Waals surface area contributed by atoms with Crippen molar-refractivity contribution in [1.82, 2.24) is 0 Å². The summed E-state index contributed by atoms with van der Waals surface area (Å²) < 4.78 is 0. The maximum Gasteiger partial charge on any atom is 0.123 e. The Morgan fingerprint density at radius 3 is 0.772 bits per heavy atom. The largest absolute Gasteiger partial charge is 0.507 e. The fourth-order valence-corrected chi connectivity index (χ4v) is 8.12. The number of hydrogen-bond acceptors (Lipinski definition) is 3. The van der Waals surface area contributed by atoms with Gasteiger partial charge in [0, 0.05) is 0 Å². The topological polar surface area (TPSA) is 60.7 Å². The van der Waals surface area contributed by atoms with E-state index in [0.717, 1.165) is 33.4 Å². The van der Waals surface area contributed by atoms with Crippen LogP contribution in [0.15, 0.2) is 54.6 Å². The fourth-order valence-electron chi connectivity index (χ4n) is 8.12. The molecule has 0 saturated heterocycles. The summed E-state index contributed by atoms with van der Waals surface area (Å²) in [6, 6.07) is 18.1. The van der Waals surface area contributed by atoms with Crippen LogP contribution in [0.1, 0.15) is 204 Å². The lowest BCUT2D eigenvalue weighted by Gasteiger charge is -2.29. The van der Waals surface area contributed by atoms with Crippen LogP contribution in [0.2, 0.25) is 0 Å². The van der Waals surface area contributed by atoms with E-state index in [9.17, 15) is 15.3 Å². The number of rotatable bonds is 7. The molecule has 0 amide bonds. The summed E-state index contributed by atoms with van der Waals surface area (Å²) in [4.78, 5) is 0. The number of allylic oxidation sites excluding steroid dienone is 1. The minimum atomic E-state index is -0.234. The van der Waals surface area contributed by atoms with Crippen LogP contribution >= 0.6 is 0 Å². The first kappa shape index (κ1) is 45.7. The molecule has 0 radical (unpaired) electrons. The zero-order valence-corrected chi connectivity index (χ0v) is 39.2. The molecule has 4 rings (SSSR count). The molecule has 0 saturated carbocycles. The van der Waals surface area contributed by atoms with Gasteiger partial charge in [0.1, 0.15) is 17.2 Å². The van der Waals surface area contributed by atoms with Crippen molar-refractivity contribution in [3.8, 4) is 17.2 Å². The predicted molar refractivity (Wildman–Crippen MR) is 246 cm³/mol. The van der Waals surface area contributed by atoms with Gasteiger partial charge >= 0.3 is 0 Å². The number of phenols is 3. The van der Waals surface area contributed by atoms with Gasteiger partial charge in [-0.05, 0) is 131 Å². The molecule has 3 heteroatoms. The Morgan fingerprint density at radius 2 is 0.561 bits per heavy atom. The Labute approximate surface area is 347 Å². The summed E-state index contributed by atoms with van der Waals surface area (Å²) in [5, 5.41) is 34.8. The lowest BCUT2D eigenvalue weighted by atomic mass is 9.77. The molecule has 0 aromatic heterocycles. The summed E-state index contributed by atoms with van der Waals surface area (Å²) in [5.74, 6) is 1.20. The summed E-state index contributed by atoms with van der Waals surface area (Å²) in [6.45, 7) is 41.2. The second kappa shape index (κ2) is 15.6. The van der Waals surface area contributed by atoms with Crippen molar-refractivity contribution >= 4 is 6.08 Å². The Hall–Kier alpha value is -3.98. The Bertz CT molecular complexity index is 1920. The molecule has 0 spiro atoms. The molecule has 310 valence electrons. The second-order valence-corrected chi connectivity index (χ2v) is 23.0. The van der Waals surface area contributed by atoms with Crippen LogP contribution in [0.5, 0.6) is 17.2 Å². The minimum Gasteiger partial charge on any atom is -0.507 e. The molecule has 0 bridgehead atoms. The predicted octanol–water partition coefficient (Wildman–Crippen LogP) is 14.4. The molecule has 0 heterocycles. The van der Waals surface area contributed by atoms with Gasteiger partial charge in [0.25, 0.3) is 0 Å². The smallest absolute Gasteiger partial charge is 0.123 e. The van der Waals surface area contributed by atoms with Crippen molar-refractivity contribution in [2.45, 2.75) is 183 Å². The normalized spacial score (nSPS) is 13.5. The third kappa shape index (κ3) is 10.6. The Balaban J connectivity index is 2.08. The van der Waals surface area contributed by atoms with Crippen LogP contribution in [0.4, 0.5) is 0 Å². The highest BCUT2D eigenvalue weighted by Crippen LogP contribution is 2.44. The van der Waals surface area contributed by atoms with Gasteiger partial charge in [-0.25, -0.2) is 0 Å². The van der Waals surface area contributed by atoms with Crippen LogP contribution in [0.3, 0.4) is 0 Å². The van der Waals surface area contributed by atoms with E-state index in [0.29, 0.717) is 36.5 Å². The third-order valence-electron chi connectivity index (χ3n) is 11.3. The van der Waals surface area contributed by atoms with Gasteiger partial charge in [0.15, 0.2) is 0 Å². The quantitative estimate of drug-likeness (QED) is 0.175. The number of phenolic OH excluding ortho intramolecular Hbond substituents is 3. The highest BCUT2D eigenvalue weighted by molar-refractivity contribution is 5.63. The molecule has 4 aromatic rings. The van der Waals surface area contributed by atoms with E-state index in [1.807, 2.05) is 0 Å². The molecule has 3 N–H and O–H groups in total. The lowest BCUT2D eigenvalue weighted by Crippen LogP contribution is -2.18. The lowest BCUT2D eigenvalue weighted by molar-refractivity contribution is 0.422. The van der Waals surface area contributed by atoms with Crippen molar-refractivity contribution in [2.75, 3.05) is 0 Å². The fraction of sp³-hybridized carbons (Fsp3) is 0.519. The van der Waals surface area contributed by atoms with Crippen LogP contribution in [0, 0.1) is 0 Å². The van der Waals surface area contributed by atoms with Gasteiger partial charge in [-0.15, -0.1) is 0 Å². The molecule has 0 atom stereocenters. The molecule has 0 unspecified atom stereocenters. The van der Waals surface area contributed by atoms with E-state index in [2.05, 4.69) is 192 Å². The summed E-state index contributed by atoms with van der Waals surface area (Å²) in [6.07, 6.45) is 6.53. The molecule has 3 nitrogen and oxygen atoms in total. The average molecular weight is 773 g/mol. The van der Waals surface area contributed by atoms with Gasteiger partial charge in [0.05, 0.1) is 0 Å². The molecule has 0 aliphatic rings. The van der Waals surface area contributed by atoms with Gasteiger partial charge < -0.3 is 15.3 Å². The van der Waals surface area contributed by atoms with Crippen molar-refractivity contribution in [2.24, 2.45) is 0 Å². The van der Waals surface area contributed by atoms with E-state index >= 15 is 0 Å². The maximum atomic E-state index is 11.6. The van der Waals surface area contributed by atoms with Gasteiger partial charge in [0.2, 0.25) is 0 Å². The molecule has 57 heavy (non-hydrogen) atoms. The average Bonchev–Trinajstić information content (AvgIpc) is 3.01. The molecule has 4 aromatic carbocycles. The van der Waals surface area contributed by atoms with Crippen molar-refractivity contribution in [1.29, 1.82) is 0 Å². The second-order valence-electron chi connectivity index (χ2n) is 23.0. The van der Waals surface area contributed by atoms with Crippen LogP contribution < -0.4 is 0 Å². The zero-order chi connectivity index (χ0) is 43.4. The molecule has 0 aliphatic carbocycles. The molecule has 0 fully saturated rings. The van der Waals surface area contributed by atoms with E-state index in [-0.39, 0.29) is 32.5 Å². The summed E-state index contributed by atoms with van der Waals surface area (Å²) in [7, 11) is 0. The molecular weight excluding hydrogens is 697 g/mol. The molecular formula is C54H76O3. The van der Waals surface area contributed by atoms with Crippen molar-refractivity contribution < 1.29 is 15.3 Å².